The van der Waals surface area contributed by atoms with E-state index in [-0.39, 0.29) is 11.5 Å². The summed E-state index contributed by atoms with van der Waals surface area (Å²) in [5, 5.41) is 3.50. The number of nitrogens with zero attached hydrogens (tertiary/aromatic N) is 3. The summed E-state index contributed by atoms with van der Waals surface area (Å²) in [7, 11) is 1.66. The van der Waals surface area contributed by atoms with Crippen LogP contribution in [0.15, 0.2) is 29.3 Å². The van der Waals surface area contributed by atoms with Crippen molar-refractivity contribution in [3.05, 3.63) is 50.9 Å². The number of thiophene rings is 1. The Morgan fingerprint density at radius 2 is 1.96 bits per heavy atom. The van der Waals surface area contributed by atoms with Crippen LogP contribution >= 0.6 is 11.3 Å². The number of aromatic nitrogens is 2. The van der Waals surface area contributed by atoms with E-state index < -0.39 is 0 Å². The van der Waals surface area contributed by atoms with E-state index in [1.807, 2.05) is 19.1 Å². The molecule has 0 aliphatic rings. The van der Waals surface area contributed by atoms with Crippen LogP contribution in [0.5, 0.6) is 0 Å². The Balaban J connectivity index is 1.92. The molecule has 2 heterocycles. The fourth-order valence-electron chi connectivity index (χ4n) is 3.18. The lowest BCUT2D eigenvalue weighted by Crippen LogP contribution is -2.22. The van der Waals surface area contributed by atoms with Crippen LogP contribution in [0.25, 0.3) is 10.2 Å². The third kappa shape index (κ3) is 3.47. The molecule has 0 saturated carbocycles. The highest BCUT2D eigenvalue weighted by molar-refractivity contribution is 7.20. The third-order valence-corrected chi connectivity index (χ3v) is 6.00. The first kappa shape index (κ1) is 19.1. The SMILES string of the molecule is CCN(CC)c1ccc(NC(=O)c2sc3ncn(C)c(=O)c3c2C)c(C)c1. The largest absolute Gasteiger partial charge is 0.372 e. The predicted molar refractivity (Wildman–Crippen MR) is 112 cm³/mol. The second kappa shape index (κ2) is 7.52. The predicted octanol–water partition coefficient (Wildman–Crippen LogP) is 3.71. The van der Waals surface area contributed by atoms with Crippen molar-refractivity contribution in [3.63, 3.8) is 0 Å². The van der Waals surface area contributed by atoms with Crippen molar-refractivity contribution in [1.82, 2.24) is 9.55 Å². The average molecular weight is 385 g/mol. The van der Waals surface area contributed by atoms with Gasteiger partial charge in [-0.1, -0.05) is 0 Å². The molecule has 0 unspecified atom stereocenters. The summed E-state index contributed by atoms with van der Waals surface area (Å²) < 4.78 is 1.43. The number of nitrogens with one attached hydrogen (secondary N) is 1. The zero-order valence-corrected chi connectivity index (χ0v) is 17.1. The minimum atomic E-state index is -0.212. The molecule has 1 amide bonds. The Morgan fingerprint density at radius 3 is 2.59 bits per heavy atom. The average Bonchev–Trinajstić information content (AvgIpc) is 2.99. The molecular weight excluding hydrogens is 360 g/mol. The normalized spacial score (nSPS) is 11.0. The van der Waals surface area contributed by atoms with Crippen LogP contribution in [0.2, 0.25) is 0 Å². The lowest BCUT2D eigenvalue weighted by molar-refractivity contribution is 0.103. The molecule has 142 valence electrons. The molecule has 3 rings (SSSR count). The van der Waals surface area contributed by atoms with Gasteiger partial charge in [-0.25, -0.2) is 4.98 Å². The molecule has 2 aromatic heterocycles. The van der Waals surface area contributed by atoms with Gasteiger partial charge < -0.3 is 14.8 Å². The summed E-state index contributed by atoms with van der Waals surface area (Å²) in [6.07, 6.45) is 1.48. The maximum absolute atomic E-state index is 12.8. The lowest BCUT2D eigenvalue weighted by Gasteiger charge is -2.22. The summed E-state index contributed by atoms with van der Waals surface area (Å²) in [5.74, 6) is -0.212. The Labute approximate surface area is 162 Å². The van der Waals surface area contributed by atoms with E-state index in [4.69, 9.17) is 0 Å². The van der Waals surface area contributed by atoms with E-state index in [0.29, 0.717) is 20.7 Å². The fourth-order valence-corrected chi connectivity index (χ4v) is 4.21. The number of rotatable bonds is 5. The first-order valence-electron chi connectivity index (χ1n) is 8.99. The molecular formula is C20H24N4O2S. The summed E-state index contributed by atoms with van der Waals surface area (Å²) in [5.41, 5.74) is 3.46. The minimum absolute atomic E-state index is 0.132. The second-order valence-electron chi connectivity index (χ2n) is 6.52. The van der Waals surface area contributed by atoms with Crippen LogP contribution in [-0.2, 0) is 7.05 Å². The summed E-state index contributed by atoms with van der Waals surface area (Å²) >= 11 is 1.25. The first-order chi connectivity index (χ1) is 12.9. The Morgan fingerprint density at radius 1 is 1.26 bits per heavy atom. The number of fused-ring (bicyclic) bond motifs is 1. The minimum Gasteiger partial charge on any atom is -0.372 e. The van der Waals surface area contributed by atoms with Crippen LogP contribution in [0, 0.1) is 13.8 Å². The number of carbonyl (C=O) groups is 1. The van der Waals surface area contributed by atoms with Gasteiger partial charge in [0.25, 0.3) is 11.5 Å². The van der Waals surface area contributed by atoms with Crippen LogP contribution in [0.4, 0.5) is 11.4 Å². The van der Waals surface area contributed by atoms with Crippen molar-refractivity contribution in [1.29, 1.82) is 0 Å². The van der Waals surface area contributed by atoms with E-state index in [1.54, 1.807) is 14.0 Å². The van der Waals surface area contributed by atoms with E-state index >= 15 is 0 Å². The van der Waals surface area contributed by atoms with Gasteiger partial charge in [0.2, 0.25) is 0 Å². The van der Waals surface area contributed by atoms with Gasteiger partial charge in [0.05, 0.1) is 16.6 Å². The number of carbonyl (C=O) groups excluding carboxylic acids is 1. The van der Waals surface area contributed by atoms with Gasteiger partial charge in [-0.05, 0) is 57.0 Å². The molecule has 1 N–H and O–H groups in total. The maximum Gasteiger partial charge on any atom is 0.266 e. The molecule has 0 fully saturated rings. The highest BCUT2D eigenvalue weighted by atomic mass is 32.1. The van der Waals surface area contributed by atoms with Crippen molar-refractivity contribution >= 4 is 38.8 Å². The number of amides is 1. The fraction of sp³-hybridized carbons (Fsp3) is 0.350. The van der Waals surface area contributed by atoms with Crippen molar-refractivity contribution in [3.8, 4) is 0 Å². The maximum atomic E-state index is 12.8. The van der Waals surface area contributed by atoms with Gasteiger partial charge in [-0.15, -0.1) is 11.3 Å². The zero-order chi connectivity index (χ0) is 19.7. The molecule has 3 aromatic rings. The molecule has 6 nitrogen and oxygen atoms in total. The van der Waals surface area contributed by atoms with Gasteiger partial charge in [0.1, 0.15) is 4.83 Å². The van der Waals surface area contributed by atoms with E-state index in [1.165, 1.54) is 22.2 Å². The van der Waals surface area contributed by atoms with Crippen LogP contribution in [0.1, 0.15) is 34.6 Å². The van der Waals surface area contributed by atoms with Gasteiger partial charge in [0.15, 0.2) is 0 Å². The van der Waals surface area contributed by atoms with Crippen molar-refractivity contribution < 1.29 is 4.79 Å². The van der Waals surface area contributed by atoms with E-state index in [0.717, 1.165) is 30.0 Å². The topological polar surface area (TPSA) is 67.2 Å². The van der Waals surface area contributed by atoms with Crippen molar-refractivity contribution in [2.24, 2.45) is 7.05 Å². The molecule has 1 aromatic carbocycles. The molecule has 0 spiro atoms. The van der Waals surface area contributed by atoms with Crippen LogP contribution in [0.3, 0.4) is 0 Å². The van der Waals surface area contributed by atoms with E-state index in [2.05, 4.69) is 35.1 Å². The van der Waals surface area contributed by atoms with Gasteiger partial charge in [-0.3, -0.25) is 9.59 Å². The monoisotopic (exact) mass is 384 g/mol. The highest BCUT2D eigenvalue weighted by Crippen LogP contribution is 2.29. The van der Waals surface area contributed by atoms with Gasteiger partial charge in [-0.2, -0.15) is 0 Å². The molecule has 27 heavy (non-hydrogen) atoms. The molecule has 0 aliphatic carbocycles. The number of aryl methyl sites for hydroxylation is 3. The molecule has 0 saturated heterocycles. The Kier molecular flexibility index (Phi) is 5.32. The molecule has 0 bridgehead atoms. The molecule has 0 radical (unpaired) electrons. The number of anilines is 2. The number of hydrogen-bond donors (Lipinski definition) is 1. The van der Waals surface area contributed by atoms with Gasteiger partial charge in [0, 0.05) is 31.5 Å². The molecule has 0 aliphatic heterocycles. The Bertz CT molecular complexity index is 1060. The van der Waals surface area contributed by atoms with Crippen LogP contribution in [-0.4, -0.2) is 28.5 Å². The third-order valence-electron chi connectivity index (χ3n) is 4.80. The standard InChI is InChI=1S/C20H24N4O2S/c1-6-24(7-2)14-8-9-15(12(3)10-14)22-18(25)17-13(4)16-19(27-17)21-11-23(5)20(16)26/h8-11H,6-7H2,1-5H3,(H,22,25). The Hall–Kier alpha value is -2.67. The second-order valence-corrected chi connectivity index (χ2v) is 7.52. The number of benzene rings is 1. The zero-order valence-electron chi connectivity index (χ0n) is 16.3. The quantitative estimate of drug-likeness (QED) is 0.728. The summed E-state index contributed by atoms with van der Waals surface area (Å²) in [4.78, 5) is 32.8. The summed E-state index contributed by atoms with van der Waals surface area (Å²) in [6.45, 7) is 9.90. The highest BCUT2D eigenvalue weighted by Gasteiger charge is 2.19. The lowest BCUT2D eigenvalue weighted by atomic mass is 10.1. The van der Waals surface area contributed by atoms with E-state index in [9.17, 15) is 9.59 Å². The molecule has 0 atom stereocenters. The first-order valence-corrected chi connectivity index (χ1v) is 9.80. The van der Waals surface area contributed by atoms with Crippen LogP contribution < -0.4 is 15.8 Å². The van der Waals surface area contributed by atoms with Crippen molar-refractivity contribution in [2.45, 2.75) is 27.7 Å². The van der Waals surface area contributed by atoms with Crippen molar-refractivity contribution in [2.75, 3.05) is 23.3 Å². The smallest absolute Gasteiger partial charge is 0.266 e. The van der Waals surface area contributed by atoms with Gasteiger partial charge >= 0.3 is 0 Å². The summed E-state index contributed by atoms with van der Waals surface area (Å²) in [6, 6.07) is 6.03. The molecule has 7 heteroatoms. The number of hydrogen-bond acceptors (Lipinski definition) is 5.